The lowest BCUT2D eigenvalue weighted by Gasteiger charge is -1.98. The highest BCUT2D eigenvalue weighted by molar-refractivity contribution is 6.30. The Kier molecular flexibility index (Phi) is 3.15. The van der Waals surface area contributed by atoms with Crippen LogP contribution < -0.4 is 0 Å². The Balaban J connectivity index is 2.69. The lowest BCUT2D eigenvalue weighted by Crippen LogP contribution is -2.08. The van der Waals surface area contributed by atoms with Crippen molar-refractivity contribution in [2.75, 3.05) is 6.61 Å². The predicted molar refractivity (Wildman–Crippen MR) is 62.8 cm³/mol. The van der Waals surface area contributed by atoms with Gasteiger partial charge < -0.3 is 14.9 Å². The molecule has 0 aliphatic rings. The van der Waals surface area contributed by atoms with Gasteiger partial charge in [0.15, 0.2) is 0 Å². The average molecular weight is 270 g/mol. The highest BCUT2D eigenvalue weighted by Gasteiger charge is 2.29. The molecule has 2 rings (SSSR count). The number of hydrogen-bond donors (Lipinski definition) is 0. The topological polar surface area (TPSA) is 86.7 Å². The van der Waals surface area contributed by atoms with Crippen molar-refractivity contribution in [1.29, 1.82) is 0 Å². The van der Waals surface area contributed by atoms with E-state index in [1.165, 1.54) is 18.3 Å². The zero-order valence-corrected chi connectivity index (χ0v) is 10.0. The van der Waals surface area contributed by atoms with Crippen molar-refractivity contribution in [1.82, 2.24) is 9.38 Å². The Hall–Kier alpha value is -2.15. The monoisotopic (exact) mass is 269 g/mol. The first-order valence-corrected chi connectivity index (χ1v) is 5.41. The molecule has 0 fully saturated rings. The third kappa shape index (κ3) is 2.00. The first-order valence-electron chi connectivity index (χ1n) is 5.03. The molecule has 2 aromatic heterocycles. The van der Waals surface area contributed by atoms with Gasteiger partial charge in [0.2, 0.25) is 11.3 Å². The second-order valence-electron chi connectivity index (χ2n) is 3.34. The lowest BCUT2D eigenvalue weighted by atomic mass is 10.4. The first kappa shape index (κ1) is 12.3. The highest BCUT2D eigenvalue weighted by Crippen LogP contribution is 2.23. The average Bonchev–Trinajstić information content (AvgIpc) is 2.67. The second-order valence-corrected chi connectivity index (χ2v) is 3.77. The molecule has 0 saturated heterocycles. The number of carbonyl (C=O) groups is 1. The van der Waals surface area contributed by atoms with Crippen molar-refractivity contribution in [2.24, 2.45) is 0 Å². The molecule has 0 aliphatic carbocycles. The van der Waals surface area contributed by atoms with Gasteiger partial charge in [-0.25, -0.2) is 4.79 Å². The quantitative estimate of drug-likeness (QED) is 0.484. The van der Waals surface area contributed by atoms with Crippen LogP contribution in [0.25, 0.3) is 5.65 Å². The Labute approximate surface area is 106 Å². The van der Waals surface area contributed by atoms with E-state index in [9.17, 15) is 14.9 Å². The second kappa shape index (κ2) is 4.61. The molecule has 0 atom stereocenters. The van der Waals surface area contributed by atoms with E-state index in [1.807, 2.05) is 0 Å². The molecule has 0 saturated carbocycles. The summed E-state index contributed by atoms with van der Waals surface area (Å²) in [6.07, 6.45) is 1.32. The number of fused-ring (bicyclic) bond motifs is 1. The summed E-state index contributed by atoms with van der Waals surface area (Å²) in [5.74, 6) is -1.28. The van der Waals surface area contributed by atoms with Crippen molar-refractivity contribution < 1.29 is 14.5 Å². The van der Waals surface area contributed by atoms with E-state index in [2.05, 4.69) is 4.98 Å². The maximum atomic E-state index is 11.6. The third-order valence-electron chi connectivity index (χ3n) is 2.20. The summed E-state index contributed by atoms with van der Waals surface area (Å²) in [6.45, 7) is 1.72. The summed E-state index contributed by atoms with van der Waals surface area (Å²) in [6, 6.07) is 3.01. The molecule has 94 valence electrons. The van der Waals surface area contributed by atoms with Gasteiger partial charge in [-0.05, 0) is 17.9 Å². The maximum Gasteiger partial charge on any atom is 0.365 e. The van der Waals surface area contributed by atoms with Crippen LogP contribution in [0.15, 0.2) is 18.3 Å². The SMILES string of the molecule is CCOC(=O)c1nc2ccc(Cl)cn2c1[N+](=O)[O-]. The van der Waals surface area contributed by atoms with E-state index >= 15 is 0 Å². The number of nitro groups is 1. The smallest absolute Gasteiger partial charge is 0.365 e. The molecular weight excluding hydrogens is 262 g/mol. The van der Waals surface area contributed by atoms with Crippen LogP contribution in [-0.4, -0.2) is 26.9 Å². The van der Waals surface area contributed by atoms with Crippen LogP contribution in [-0.2, 0) is 4.74 Å². The molecule has 0 aliphatic heterocycles. The Morgan fingerprint density at radius 2 is 2.33 bits per heavy atom. The number of ether oxygens (including phenoxy) is 1. The minimum Gasteiger partial charge on any atom is -0.461 e. The van der Waals surface area contributed by atoms with Crippen molar-refractivity contribution in [3.05, 3.63) is 39.2 Å². The first-order chi connectivity index (χ1) is 8.54. The maximum absolute atomic E-state index is 11.6. The molecule has 8 heteroatoms. The molecule has 7 nitrogen and oxygen atoms in total. The fourth-order valence-corrected chi connectivity index (χ4v) is 1.68. The predicted octanol–water partition coefficient (Wildman–Crippen LogP) is 2.07. The number of aromatic nitrogens is 2. The van der Waals surface area contributed by atoms with Gasteiger partial charge in [0.1, 0.15) is 6.20 Å². The van der Waals surface area contributed by atoms with Gasteiger partial charge in [-0.3, -0.25) is 0 Å². The molecular formula is C10H8ClN3O4. The fourth-order valence-electron chi connectivity index (χ4n) is 1.52. The molecule has 18 heavy (non-hydrogen) atoms. The molecule has 0 N–H and O–H groups in total. The van der Waals surface area contributed by atoms with Crippen LogP contribution in [0.2, 0.25) is 5.02 Å². The van der Waals surface area contributed by atoms with Gasteiger partial charge >= 0.3 is 11.8 Å². The van der Waals surface area contributed by atoms with E-state index in [4.69, 9.17) is 16.3 Å². The van der Waals surface area contributed by atoms with E-state index in [1.54, 1.807) is 6.92 Å². The van der Waals surface area contributed by atoms with Crippen molar-refractivity contribution in [2.45, 2.75) is 6.92 Å². The molecule has 0 unspecified atom stereocenters. The van der Waals surface area contributed by atoms with Gasteiger partial charge in [0, 0.05) is 6.07 Å². The fraction of sp³-hybridized carbons (Fsp3) is 0.200. The van der Waals surface area contributed by atoms with Gasteiger partial charge in [0.05, 0.1) is 11.6 Å². The Morgan fingerprint density at radius 1 is 1.61 bits per heavy atom. The number of rotatable bonds is 3. The number of nitrogens with zero attached hydrogens (tertiary/aromatic N) is 3. The zero-order chi connectivity index (χ0) is 13.3. The third-order valence-corrected chi connectivity index (χ3v) is 2.42. The number of esters is 1. The summed E-state index contributed by atoms with van der Waals surface area (Å²) in [5, 5.41) is 11.3. The van der Waals surface area contributed by atoms with E-state index in [-0.39, 0.29) is 17.9 Å². The van der Waals surface area contributed by atoms with Crippen molar-refractivity contribution in [3.63, 3.8) is 0 Å². The van der Waals surface area contributed by atoms with Gasteiger partial charge in [0.25, 0.3) is 0 Å². The summed E-state index contributed by atoms with van der Waals surface area (Å²) >= 11 is 5.76. The molecule has 0 aromatic carbocycles. The van der Waals surface area contributed by atoms with Crippen LogP contribution in [0.5, 0.6) is 0 Å². The minimum atomic E-state index is -0.830. The summed E-state index contributed by atoms with van der Waals surface area (Å²) in [7, 11) is 0. The number of carbonyl (C=O) groups excluding carboxylic acids is 1. The number of hydrogen-bond acceptors (Lipinski definition) is 5. The van der Waals surface area contributed by atoms with Crippen LogP contribution in [0.1, 0.15) is 17.4 Å². The number of halogens is 1. The zero-order valence-electron chi connectivity index (χ0n) is 9.29. The largest absolute Gasteiger partial charge is 0.461 e. The van der Waals surface area contributed by atoms with Crippen LogP contribution in [0, 0.1) is 10.1 Å². The summed E-state index contributed by atoms with van der Waals surface area (Å²) < 4.78 is 5.87. The molecule has 2 aromatic rings. The summed E-state index contributed by atoms with van der Waals surface area (Å²) in [4.78, 5) is 25.8. The normalized spacial score (nSPS) is 10.6. The summed E-state index contributed by atoms with van der Waals surface area (Å²) in [5.41, 5.74) is -0.0710. The van der Waals surface area contributed by atoms with E-state index in [0.717, 1.165) is 4.40 Å². The van der Waals surface area contributed by atoms with Gasteiger partial charge in [-0.15, -0.1) is 0 Å². The van der Waals surface area contributed by atoms with Crippen LogP contribution >= 0.6 is 11.6 Å². The molecule has 0 radical (unpaired) electrons. The molecule has 0 spiro atoms. The van der Waals surface area contributed by atoms with Crippen LogP contribution in [0.4, 0.5) is 5.82 Å². The van der Waals surface area contributed by atoms with Crippen molar-refractivity contribution >= 4 is 29.0 Å². The Bertz CT molecular complexity index is 637. The minimum absolute atomic E-state index is 0.116. The Morgan fingerprint density at radius 3 is 2.94 bits per heavy atom. The highest BCUT2D eigenvalue weighted by atomic mass is 35.5. The van der Waals surface area contributed by atoms with Crippen LogP contribution in [0.3, 0.4) is 0 Å². The van der Waals surface area contributed by atoms with Crippen molar-refractivity contribution in [3.8, 4) is 0 Å². The van der Waals surface area contributed by atoms with E-state index < -0.39 is 16.7 Å². The standard InChI is InChI=1S/C10H8ClN3O4/c1-2-18-10(15)8-9(14(16)17)13-5-6(11)3-4-7(13)12-8/h3-5H,2H2,1H3. The molecule has 0 amide bonds. The van der Waals surface area contributed by atoms with Gasteiger partial charge in [-0.1, -0.05) is 11.6 Å². The van der Waals surface area contributed by atoms with E-state index in [0.29, 0.717) is 5.02 Å². The molecule has 2 heterocycles. The lowest BCUT2D eigenvalue weighted by molar-refractivity contribution is -0.390. The number of pyridine rings is 1. The van der Waals surface area contributed by atoms with Gasteiger partial charge in [-0.2, -0.15) is 9.38 Å². The number of imidazole rings is 1. The molecule has 0 bridgehead atoms.